The average molecular weight is 243 g/mol. The lowest BCUT2D eigenvalue weighted by molar-refractivity contribution is 0.444. The lowest BCUT2D eigenvalue weighted by Crippen LogP contribution is -2.33. The summed E-state index contributed by atoms with van der Waals surface area (Å²) in [4.78, 5) is 0. The van der Waals surface area contributed by atoms with Gasteiger partial charge in [0.2, 0.25) is 0 Å². The van der Waals surface area contributed by atoms with Crippen LogP contribution >= 0.6 is 11.8 Å². The van der Waals surface area contributed by atoms with Crippen LogP contribution in [0, 0.1) is 17.6 Å². The largest absolute Gasteiger partial charge is 0.316 e. The van der Waals surface area contributed by atoms with Gasteiger partial charge in [-0.2, -0.15) is 11.8 Å². The number of thioether (sulfide) groups is 1. The number of halogens is 2. The first-order valence-electron chi connectivity index (χ1n) is 5.39. The Bertz CT molecular complexity index is 370. The number of nitrogens with one attached hydrogen (secondary N) is 1. The second kappa shape index (κ2) is 5.15. The van der Waals surface area contributed by atoms with Crippen LogP contribution in [0.25, 0.3) is 0 Å². The summed E-state index contributed by atoms with van der Waals surface area (Å²) < 4.78 is 26.2. The molecule has 1 N–H and O–H groups in total. The van der Waals surface area contributed by atoms with E-state index in [9.17, 15) is 8.78 Å². The zero-order chi connectivity index (χ0) is 11.5. The van der Waals surface area contributed by atoms with Crippen LogP contribution in [-0.4, -0.2) is 24.6 Å². The van der Waals surface area contributed by atoms with Crippen LogP contribution < -0.4 is 5.32 Å². The zero-order valence-electron chi connectivity index (χ0n) is 9.17. The molecule has 1 aromatic rings. The van der Waals surface area contributed by atoms with Crippen LogP contribution in [0.3, 0.4) is 0 Å². The van der Waals surface area contributed by atoms with Gasteiger partial charge < -0.3 is 5.32 Å². The molecule has 0 bridgehead atoms. The fourth-order valence-corrected chi connectivity index (χ4v) is 3.57. The molecule has 2 rings (SSSR count). The van der Waals surface area contributed by atoms with Crippen molar-refractivity contribution >= 4 is 11.8 Å². The molecule has 16 heavy (non-hydrogen) atoms. The molecular weight excluding hydrogens is 228 g/mol. The van der Waals surface area contributed by atoms with Crippen molar-refractivity contribution in [2.75, 3.05) is 18.6 Å². The fourth-order valence-electron chi connectivity index (χ4n) is 2.09. The van der Waals surface area contributed by atoms with Crippen molar-refractivity contribution in [3.63, 3.8) is 0 Å². The van der Waals surface area contributed by atoms with Crippen molar-refractivity contribution in [3.05, 3.63) is 35.4 Å². The predicted molar refractivity (Wildman–Crippen MR) is 63.7 cm³/mol. The summed E-state index contributed by atoms with van der Waals surface area (Å²) in [5, 5.41) is 3.25. The van der Waals surface area contributed by atoms with E-state index in [0.717, 1.165) is 17.6 Å². The summed E-state index contributed by atoms with van der Waals surface area (Å²) in [5.74, 6) is 1.63. The molecule has 2 unspecified atom stereocenters. The first-order chi connectivity index (χ1) is 7.70. The Morgan fingerprint density at radius 1 is 1.38 bits per heavy atom. The predicted octanol–water partition coefficient (Wildman–Crippen LogP) is 2.46. The van der Waals surface area contributed by atoms with E-state index in [4.69, 9.17) is 0 Å². The molecule has 88 valence electrons. The molecule has 1 aliphatic heterocycles. The first-order valence-corrected chi connectivity index (χ1v) is 6.55. The van der Waals surface area contributed by atoms with E-state index in [1.807, 2.05) is 18.8 Å². The molecule has 4 heteroatoms. The molecule has 0 aromatic heterocycles. The second-order valence-corrected chi connectivity index (χ2v) is 5.21. The molecule has 1 saturated heterocycles. The molecule has 0 spiro atoms. The third kappa shape index (κ3) is 2.55. The van der Waals surface area contributed by atoms with Crippen LogP contribution in [0.15, 0.2) is 18.2 Å². The molecule has 1 aromatic carbocycles. The topological polar surface area (TPSA) is 12.0 Å². The quantitative estimate of drug-likeness (QED) is 0.875. The van der Waals surface area contributed by atoms with E-state index >= 15 is 0 Å². The zero-order valence-corrected chi connectivity index (χ0v) is 9.99. The SMILES string of the molecule is CNC1CSCC1Cc1ccc(F)cc1F. The molecule has 1 aliphatic rings. The van der Waals surface area contributed by atoms with Crippen LogP contribution in [0.2, 0.25) is 0 Å². The molecule has 0 amide bonds. The number of hydrogen-bond donors (Lipinski definition) is 1. The highest BCUT2D eigenvalue weighted by molar-refractivity contribution is 7.99. The third-order valence-corrected chi connectivity index (χ3v) is 4.33. The van der Waals surface area contributed by atoms with Gasteiger partial charge in [0.15, 0.2) is 0 Å². The van der Waals surface area contributed by atoms with Crippen molar-refractivity contribution in [1.82, 2.24) is 5.32 Å². The second-order valence-electron chi connectivity index (χ2n) is 4.13. The van der Waals surface area contributed by atoms with E-state index < -0.39 is 11.6 Å². The van der Waals surface area contributed by atoms with Gasteiger partial charge >= 0.3 is 0 Å². The van der Waals surface area contributed by atoms with Crippen LogP contribution in [0.5, 0.6) is 0 Å². The van der Waals surface area contributed by atoms with Crippen molar-refractivity contribution in [2.45, 2.75) is 12.5 Å². The lowest BCUT2D eigenvalue weighted by atomic mass is 9.95. The van der Waals surface area contributed by atoms with Crippen LogP contribution in [0.4, 0.5) is 8.78 Å². The van der Waals surface area contributed by atoms with Crippen molar-refractivity contribution in [2.24, 2.45) is 5.92 Å². The monoisotopic (exact) mass is 243 g/mol. The van der Waals surface area contributed by atoms with E-state index in [1.54, 1.807) is 6.07 Å². The number of hydrogen-bond acceptors (Lipinski definition) is 2. The van der Waals surface area contributed by atoms with Gasteiger partial charge in [-0.3, -0.25) is 0 Å². The average Bonchev–Trinajstić information content (AvgIpc) is 2.69. The maximum Gasteiger partial charge on any atom is 0.129 e. The van der Waals surface area contributed by atoms with Gasteiger partial charge in [-0.05, 0) is 36.8 Å². The minimum absolute atomic E-state index is 0.424. The Kier molecular flexibility index (Phi) is 3.82. The smallest absolute Gasteiger partial charge is 0.129 e. The van der Waals surface area contributed by atoms with E-state index in [-0.39, 0.29) is 0 Å². The maximum absolute atomic E-state index is 13.5. The highest BCUT2D eigenvalue weighted by Crippen LogP contribution is 2.28. The van der Waals surface area contributed by atoms with Gasteiger partial charge in [-0.25, -0.2) is 8.78 Å². The standard InChI is InChI=1S/C12H15F2NS/c1-15-12-7-16-6-9(12)4-8-2-3-10(13)5-11(8)14/h2-3,5,9,12,15H,4,6-7H2,1H3. The van der Waals surface area contributed by atoms with Crippen molar-refractivity contribution in [1.29, 1.82) is 0 Å². The number of benzene rings is 1. The number of rotatable bonds is 3. The highest BCUT2D eigenvalue weighted by Gasteiger charge is 2.27. The Morgan fingerprint density at radius 2 is 2.19 bits per heavy atom. The molecule has 0 aliphatic carbocycles. The molecule has 1 nitrogen and oxygen atoms in total. The molecule has 0 saturated carbocycles. The lowest BCUT2D eigenvalue weighted by Gasteiger charge is -2.18. The van der Waals surface area contributed by atoms with Gasteiger partial charge in [-0.1, -0.05) is 6.07 Å². The van der Waals surface area contributed by atoms with Crippen LogP contribution in [0.1, 0.15) is 5.56 Å². The fraction of sp³-hybridized carbons (Fsp3) is 0.500. The molecule has 1 fully saturated rings. The first kappa shape index (κ1) is 11.9. The van der Waals surface area contributed by atoms with E-state index in [1.165, 1.54) is 6.07 Å². The van der Waals surface area contributed by atoms with Crippen molar-refractivity contribution in [3.8, 4) is 0 Å². The minimum Gasteiger partial charge on any atom is -0.316 e. The van der Waals surface area contributed by atoms with E-state index in [0.29, 0.717) is 23.9 Å². The summed E-state index contributed by atoms with van der Waals surface area (Å²) >= 11 is 1.88. The molecular formula is C12H15F2NS. The van der Waals surface area contributed by atoms with Gasteiger partial charge in [0.1, 0.15) is 11.6 Å². The van der Waals surface area contributed by atoms with Gasteiger partial charge in [0.05, 0.1) is 0 Å². The normalized spacial score (nSPS) is 24.9. The highest BCUT2D eigenvalue weighted by atomic mass is 32.2. The van der Waals surface area contributed by atoms with Crippen LogP contribution in [-0.2, 0) is 6.42 Å². The molecule has 2 atom stereocenters. The Morgan fingerprint density at radius 3 is 2.88 bits per heavy atom. The summed E-state index contributed by atoms with van der Waals surface area (Å²) in [7, 11) is 1.94. The summed E-state index contributed by atoms with van der Waals surface area (Å²) in [6.07, 6.45) is 0.685. The summed E-state index contributed by atoms with van der Waals surface area (Å²) in [6.45, 7) is 0. The molecule has 1 heterocycles. The van der Waals surface area contributed by atoms with E-state index in [2.05, 4.69) is 5.32 Å². The Labute approximate surface area is 98.6 Å². The van der Waals surface area contributed by atoms with Gasteiger partial charge in [-0.15, -0.1) is 0 Å². The van der Waals surface area contributed by atoms with Gasteiger partial charge in [0, 0.05) is 17.9 Å². The van der Waals surface area contributed by atoms with Gasteiger partial charge in [0.25, 0.3) is 0 Å². The third-order valence-electron chi connectivity index (χ3n) is 3.07. The summed E-state index contributed by atoms with van der Waals surface area (Å²) in [6, 6.07) is 4.29. The maximum atomic E-state index is 13.5. The summed E-state index contributed by atoms with van der Waals surface area (Å²) in [5.41, 5.74) is 0.620. The Hall–Kier alpha value is -0.610. The minimum atomic E-state index is -0.507. The Balaban J connectivity index is 2.08. The van der Waals surface area contributed by atoms with Crippen molar-refractivity contribution < 1.29 is 8.78 Å². The molecule has 0 radical (unpaired) electrons.